The summed E-state index contributed by atoms with van der Waals surface area (Å²) < 4.78 is 13.5. The summed E-state index contributed by atoms with van der Waals surface area (Å²) in [5, 5.41) is 0. The van der Waals surface area contributed by atoms with Crippen LogP contribution in [-0.4, -0.2) is 6.17 Å². The highest BCUT2D eigenvalue weighted by Gasteiger charge is 2.45. The third kappa shape index (κ3) is 2.81. The van der Waals surface area contributed by atoms with Crippen molar-refractivity contribution >= 4 is 0 Å². The summed E-state index contributed by atoms with van der Waals surface area (Å²) in [5.41, 5.74) is 1.70. The minimum absolute atomic E-state index is 0.287. The van der Waals surface area contributed by atoms with E-state index < -0.39 is 6.17 Å². The third-order valence-corrected chi connectivity index (χ3v) is 5.29. The predicted octanol–water partition coefficient (Wildman–Crippen LogP) is 5.78. The normalized spacial score (nSPS) is 39.6. The molecule has 2 aliphatic carbocycles. The molecule has 106 valence electrons. The highest BCUT2D eigenvalue weighted by molar-refractivity contribution is 5.22. The maximum absolute atomic E-state index is 13.5. The van der Waals surface area contributed by atoms with Crippen molar-refractivity contribution in [3.63, 3.8) is 0 Å². The van der Waals surface area contributed by atoms with E-state index in [9.17, 15) is 4.39 Å². The maximum atomic E-state index is 13.5. The lowest BCUT2D eigenvalue weighted by Crippen LogP contribution is -2.41. The zero-order valence-corrected chi connectivity index (χ0v) is 13.1. The summed E-state index contributed by atoms with van der Waals surface area (Å²) in [6.45, 7) is 13.4. The largest absolute Gasteiger partial charge is 0.247 e. The van der Waals surface area contributed by atoms with Crippen LogP contribution >= 0.6 is 0 Å². The number of halogens is 1. The fourth-order valence-electron chi connectivity index (χ4n) is 3.83. The van der Waals surface area contributed by atoms with Gasteiger partial charge in [0.1, 0.15) is 6.17 Å². The van der Waals surface area contributed by atoms with Crippen LogP contribution in [0.1, 0.15) is 67.2 Å². The third-order valence-electron chi connectivity index (χ3n) is 5.29. The Bertz CT molecular complexity index is 292. The molecule has 0 N–H and O–H groups in total. The van der Waals surface area contributed by atoms with Crippen LogP contribution in [0, 0.1) is 23.2 Å². The van der Waals surface area contributed by atoms with E-state index in [-0.39, 0.29) is 5.41 Å². The highest BCUT2D eigenvalue weighted by Crippen LogP contribution is 2.54. The zero-order valence-electron chi connectivity index (χ0n) is 13.1. The van der Waals surface area contributed by atoms with Gasteiger partial charge in [0.2, 0.25) is 0 Å². The fourth-order valence-corrected chi connectivity index (χ4v) is 3.83. The summed E-state index contributed by atoms with van der Waals surface area (Å²) in [5.74, 6) is 2.23. The monoisotopic (exact) mass is 254 g/mol. The molecule has 0 aliphatic heterocycles. The van der Waals surface area contributed by atoms with E-state index in [1.54, 1.807) is 0 Å². The van der Waals surface area contributed by atoms with Gasteiger partial charge in [-0.1, -0.05) is 53.2 Å². The van der Waals surface area contributed by atoms with Gasteiger partial charge in [0.05, 0.1) is 0 Å². The number of rotatable bonds is 1. The van der Waals surface area contributed by atoms with Gasteiger partial charge in [-0.05, 0) is 42.4 Å². The molecule has 0 nitrogen and oxygen atoms in total. The SMILES string of the molecule is CC.CC(C)C1CC=C2C[C@@H](F)CC[C@]2(C)C1C. The Balaban J connectivity index is 0.000000771. The summed E-state index contributed by atoms with van der Waals surface area (Å²) in [7, 11) is 0. The Hall–Kier alpha value is -0.330. The molecule has 0 saturated heterocycles. The van der Waals surface area contributed by atoms with Gasteiger partial charge in [0, 0.05) is 6.42 Å². The average Bonchev–Trinajstić information content (AvgIpc) is 2.34. The van der Waals surface area contributed by atoms with Crippen molar-refractivity contribution < 1.29 is 4.39 Å². The van der Waals surface area contributed by atoms with Gasteiger partial charge in [-0.15, -0.1) is 0 Å². The van der Waals surface area contributed by atoms with Gasteiger partial charge in [0.15, 0.2) is 0 Å². The first-order chi connectivity index (χ1) is 8.45. The fraction of sp³-hybridized carbons (Fsp3) is 0.882. The van der Waals surface area contributed by atoms with Gasteiger partial charge in [-0.2, -0.15) is 0 Å². The van der Waals surface area contributed by atoms with E-state index in [0.29, 0.717) is 12.3 Å². The van der Waals surface area contributed by atoms with Gasteiger partial charge >= 0.3 is 0 Å². The summed E-state index contributed by atoms with van der Waals surface area (Å²) in [6.07, 6.45) is 5.45. The molecule has 0 aromatic carbocycles. The summed E-state index contributed by atoms with van der Waals surface area (Å²) >= 11 is 0. The van der Waals surface area contributed by atoms with E-state index in [0.717, 1.165) is 31.1 Å². The predicted molar refractivity (Wildman–Crippen MR) is 78.4 cm³/mol. The van der Waals surface area contributed by atoms with E-state index in [2.05, 4.69) is 33.8 Å². The van der Waals surface area contributed by atoms with Crippen LogP contribution in [0.3, 0.4) is 0 Å². The Morgan fingerprint density at radius 3 is 2.50 bits per heavy atom. The zero-order chi connectivity index (χ0) is 13.9. The topological polar surface area (TPSA) is 0 Å². The Morgan fingerprint density at radius 1 is 1.33 bits per heavy atom. The molecular formula is C17H31F. The second-order valence-electron chi connectivity index (χ2n) is 6.42. The first-order valence-corrected chi connectivity index (χ1v) is 7.78. The molecule has 0 heterocycles. The molecule has 18 heavy (non-hydrogen) atoms. The van der Waals surface area contributed by atoms with Gasteiger partial charge in [-0.25, -0.2) is 4.39 Å². The molecule has 0 aromatic rings. The molecule has 2 aliphatic rings. The first kappa shape index (κ1) is 15.7. The van der Waals surface area contributed by atoms with Crippen molar-refractivity contribution in [1.29, 1.82) is 0 Å². The summed E-state index contributed by atoms with van der Waals surface area (Å²) in [4.78, 5) is 0. The van der Waals surface area contributed by atoms with Crippen molar-refractivity contribution in [3.05, 3.63) is 11.6 Å². The molecule has 1 fully saturated rings. The molecule has 0 bridgehead atoms. The minimum atomic E-state index is -0.581. The van der Waals surface area contributed by atoms with Crippen LogP contribution in [0.5, 0.6) is 0 Å². The van der Waals surface area contributed by atoms with Crippen LogP contribution in [0.4, 0.5) is 4.39 Å². The Kier molecular flexibility index (Phi) is 5.43. The number of fused-ring (bicyclic) bond motifs is 1. The molecular weight excluding hydrogens is 223 g/mol. The van der Waals surface area contributed by atoms with Gasteiger partial charge < -0.3 is 0 Å². The lowest BCUT2D eigenvalue weighted by Gasteiger charge is -2.49. The maximum Gasteiger partial charge on any atom is 0.104 e. The Morgan fingerprint density at radius 2 is 1.94 bits per heavy atom. The number of allylic oxidation sites excluding steroid dienone is 2. The van der Waals surface area contributed by atoms with Gasteiger partial charge in [0.25, 0.3) is 0 Å². The van der Waals surface area contributed by atoms with Gasteiger partial charge in [-0.3, -0.25) is 0 Å². The molecule has 2 rings (SSSR count). The second kappa shape index (κ2) is 6.21. The molecule has 0 radical (unpaired) electrons. The lowest BCUT2D eigenvalue weighted by atomic mass is 9.56. The van der Waals surface area contributed by atoms with Crippen LogP contribution in [-0.2, 0) is 0 Å². The average molecular weight is 254 g/mol. The van der Waals surface area contributed by atoms with Crippen molar-refractivity contribution in [2.24, 2.45) is 23.2 Å². The van der Waals surface area contributed by atoms with Crippen molar-refractivity contribution in [3.8, 4) is 0 Å². The first-order valence-electron chi connectivity index (χ1n) is 7.78. The molecule has 0 aromatic heterocycles. The molecule has 0 spiro atoms. The minimum Gasteiger partial charge on any atom is -0.247 e. The summed E-state index contributed by atoms with van der Waals surface area (Å²) in [6, 6.07) is 0. The van der Waals surface area contributed by atoms with Crippen LogP contribution in [0.2, 0.25) is 0 Å². The number of hydrogen-bond donors (Lipinski definition) is 0. The molecule has 0 amide bonds. The van der Waals surface area contributed by atoms with Crippen LogP contribution in [0.25, 0.3) is 0 Å². The molecule has 2 unspecified atom stereocenters. The highest BCUT2D eigenvalue weighted by atomic mass is 19.1. The molecule has 1 heteroatoms. The van der Waals surface area contributed by atoms with E-state index >= 15 is 0 Å². The number of hydrogen-bond acceptors (Lipinski definition) is 0. The molecule has 1 saturated carbocycles. The number of alkyl halides is 1. The second-order valence-corrected chi connectivity index (χ2v) is 6.42. The lowest BCUT2D eigenvalue weighted by molar-refractivity contribution is 0.0748. The quantitative estimate of drug-likeness (QED) is 0.520. The van der Waals surface area contributed by atoms with E-state index in [1.807, 2.05) is 13.8 Å². The van der Waals surface area contributed by atoms with E-state index in [1.165, 1.54) is 5.57 Å². The smallest absolute Gasteiger partial charge is 0.104 e. The van der Waals surface area contributed by atoms with Crippen molar-refractivity contribution in [2.45, 2.75) is 73.4 Å². The van der Waals surface area contributed by atoms with Crippen LogP contribution in [0.15, 0.2) is 11.6 Å². The Labute approximate surface area is 113 Å². The molecule has 4 atom stereocenters. The van der Waals surface area contributed by atoms with Crippen molar-refractivity contribution in [2.75, 3.05) is 0 Å². The van der Waals surface area contributed by atoms with E-state index in [4.69, 9.17) is 0 Å². The standard InChI is InChI=1S/C15H25F.C2H6/c1-10(2)14-6-5-12-9-13(16)7-8-15(12,4)11(14)3;1-2/h5,10-11,13-14H,6-9H2,1-4H3;1-2H3/t11?,13-,14?,15+;/m0./s1. The van der Waals surface area contributed by atoms with Crippen molar-refractivity contribution in [1.82, 2.24) is 0 Å². The van der Waals surface area contributed by atoms with Crippen LogP contribution < -0.4 is 0 Å².